The second-order valence-corrected chi connectivity index (χ2v) is 2.86. The summed E-state index contributed by atoms with van der Waals surface area (Å²) in [6.07, 6.45) is -1.45. The smallest absolute Gasteiger partial charge is 0.340 e. The fourth-order valence-corrected chi connectivity index (χ4v) is 0.792. The molecule has 15 heavy (non-hydrogen) atoms. The van der Waals surface area contributed by atoms with E-state index < -0.39 is 24.8 Å². The maximum Gasteiger partial charge on any atom is 0.340 e. The first-order valence-corrected chi connectivity index (χ1v) is 4.06. The number of hydrogen-bond acceptors (Lipinski definition) is 3. The van der Waals surface area contributed by atoms with Crippen molar-refractivity contribution in [2.24, 2.45) is 0 Å². The van der Waals surface area contributed by atoms with E-state index >= 15 is 0 Å². The van der Waals surface area contributed by atoms with E-state index in [1.54, 1.807) is 0 Å². The molecule has 1 aromatic rings. The van der Waals surface area contributed by atoms with Crippen LogP contribution in [0.15, 0.2) is 12.4 Å². The minimum absolute atomic E-state index is 0.262. The van der Waals surface area contributed by atoms with Gasteiger partial charge in [-0.1, -0.05) is 11.6 Å². The maximum atomic E-state index is 12.4. The van der Waals surface area contributed by atoms with Crippen molar-refractivity contribution in [3.8, 4) is 5.88 Å². The highest BCUT2D eigenvalue weighted by atomic mass is 35.5. The molecular formula is C7H5ClF4N2O. The van der Waals surface area contributed by atoms with Crippen LogP contribution in [-0.4, -0.2) is 28.9 Å². The molecule has 0 fully saturated rings. The van der Waals surface area contributed by atoms with Gasteiger partial charge in [0.2, 0.25) is 0 Å². The van der Waals surface area contributed by atoms with Gasteiger partial charge in [0.25, 0.3) is 5.88 Å². The van der Waals surface area contributed by atoms with E-state index in [1.165, 1.54) is 6.20 Å². The molecule has 8 heteroatoms. The van der Waals surface area contributed by atoms with Gasteiger partial charge in [-0.15, -0.1) is 0 Å². The number of alkyl halides is 4. The monoisotopic (exact) mass is 244 g/mol. The van der Waals surface area contributed by atoms with Crippen LogP contribution in [0.5, 0.6) is 5.88 Å². The van der Waals surface area contributed by atoms with Gasteiger partial charge in [0.05, 0.1) is 0 Å². The summed E-state index contributed by atoms with van der Waals surface area (Å²) in [6.45, 7) is -1.50. The zero-order valence-electron chi connectivity index (χ0n) is 7.13. The maximum absolute atomic E-state index is 12.4. The van der Waals surface area contributed by atoms with Gasteiger partial charge in [-0.25, -0.2) is 18.7 Å². The molecule has 0 aromatic carbocycles. The lowest BCUT2D eigenvalue weighted by molar-refractivity contribution is -0.148. The molecule has 3 nitrogen and oxygen atoms in total. The van der Waals surface area contributed by atoms with Crippen LogP contribution >= 0.6 is 11.6 Å². The van der Waals surface area contributed by atoms with Crippen molar-refractivity contribution in [2.75, 3.05) is 6.61 Å². The van der Waals surface area contributed by atoms with Crippen LogP contribution < -0.4 is 4.74 Å². The molecule has 0 N–H and O–H groups in total. The van der Waals surface area contributed by atoms with Gasteiger partial charge in [0, 0.05) is 12.4 Å². The quantitative estimate of drug-likeness (QED) is 0.763. The van der Waals surface area contributed by atoms with Gasteiger partial charge >= 0.3 is 12.3 Å². The molecule has 0 amide bonds. The number of halogens is 5. The fourth-order valence-electron chi connectivity index (χ4n) is 0.633. The zero-order chi connectivity index (χ0) is 11.5. The van der Waals surface area contributed by atoms with Crippen LogP contribution in [0, 0.1) is 0 Å². The molecule has 1 heterocycles. The molecule has 0 aliphatic heterocycles. The lowest BCUT2D eigenvalue weighted by Gasteiger charge is -2.15. The Labute approximate surface area is 87.0 Å². The van der Waals surface area contributed by atoms with E-state index in [-0.39, 0.29) is 5.15 Å². The molecule has 0 radical (unpaired) electrons. The van der Waals surface area contributed by atoms with Crippen LogP contribution in [0.4, 0.5) is 17.6 Å². The van der Waals surface area contributed by atoms with Crippen LogP contribution in [0.3, 0.4) is 0 Å². The van der Waals surface area contributed by atoms with Crippen molar-refractivity contribution in [2.45, 2.75) is 12.3 Å². The number of ether oxygens (including phenoxy) is 1. The Morgan fingerprint density at radius 3 is 2.47 bits per heavy atom. The van der Waals surface area contributed by atoms with Gasteiger partial charge in [-0.05, 0) is 0 Å². The van der Waals surface area contributed by atoms with Crippen molar-refractivity contribution in [1.82, 2.24) is 9.97 Å². The summed E-state index contributed by atoms with van der Waals surface area (Å²) in [5.74, 6) is -4.64. The lowest BCUT2D eigenvalue weighted by atomic mass is 10.4. The Balaban J connectivity index is 2.62. The van der Waals surface area contributed by atoms with E-state index in [2.05, 4.69) is 14.7 Å². The van der Waals surface area contributed by atoms with Gasteiger partial charge in [0.1, 0.15) is 0 Å². The molecule has 0 aliphatic carbocycles. The molecular weight excluding hydrogens is 240 g/mol. The highest BCUT2D eigenvalue weighted by Crippen LogP contribution is 2.25. The molecule has 0 unspecified atom stereocenters. The Hall–Kier alpha value is -1.11. The van der Waals surface area contributed by atoms with E-state index in [4.69, 9.17) is 11.6 Å². The summed E-state index contributed by atoms with van der Waals surface area (Å²) >= 11 is 5.40. The second kappa shape index (κ2) is 4.61. The van der Waals surface area contributed by atoms with E-state index in [0.717, 1.165) is 6.20 Å². The van der Waals surface area contributed by atoms with E-state index in [9.17, 15) is 17.6 Å². The lowest BCUT2D eigenvalue weighted by Crippen LogP contribution is -2.34. The van der Waals surface area contributed by atoms with Gasteiger partial charge in [-0.2, -0.15) is 8.78 Å². The Morgan fingerprint density at radius 2 is 1.93 bits per heavy atom. The van der Waals surface area contributed by atoms with Gasteiger partial charge in [-0.3, -0.25) is 0 Å². The van der Waals surface area contributed by atoms with Crippen molar-refractivity contribution >= 4 is 11.6 Å². The number of hydrogen-bond donors (Lipinski definition) is 0. The standard InChI is InChI=1S/C7H5ClF4N2O/c8-4-5(14-2-1-13-4)15-3-7(11,12)6(9)10/h1-2,6H,3H2. The number of rotatable bonds is 4. The summed E-state index contributed by atoms with van der Waals surface area (Å²) in [7, 11) is 0. The van der Waals surface area contributed by atoms with Crippen molar-refractivity contribution in [3.63, 3.8) is 0 Å². The average molecular weight is 245 g/mol. The summed E-state index contributed by atoms with van der Waals surface area (Å²) < 4.78 is 52.6. The minimum atomic E-state index is -4.24. The third-order valence-corrected chi connectivity index (χ3v) is 1.60. The molecule has 0 atom stereocenters. The van der Waals surface area contributed by atoms with Crippen molar-refractivity contribution < 1.29 is 22.3 Å². The van der Waals surface area contributed by atoms with Crippen LogP contribution in [0.2, 0.25) is 5.15 Å². The Morgan fingerprint density at radius 1 is 1.33 bits per heavy atom. The van der Waals surface area contributed by atoms with Crippen LogP contribution in [0.1, 0.15) is 0 Å². The zero-order valence-corrected chi connectivity index (χ0v) is 7.89. The van der Waals surface area contributed by atoms with Crippen LogP contribution in [0.25, 0.3) is 0 Å². The predicted molar refractivity (Wildman–Crippen MR) is 43.5 cm³/mol. The van der Waals surface area contributed by atoms with E-state index in [1.807, 2.05) is 0 Å². The SMILES string of the molecule is FC(F)C(F)(F)COc1nccnc1Cl. The Kier molecular flexibility index (Phi) is 3.67. The minimum Gasteiger partial charge on any atom is -0.469 e. The fraction of sp³-hybridized carbons (Fsp3) is 0.429. The van der Waals surface area contributed by atoms with Gasteiger partial charge < -0.3 is 4.74 Å². The molecule has 0 aliphatic rings. The molecule has 84 valence electrons. The predicted octanol–water partition coefficient (Wildman–Crippen LogP) is 2.41. The molecule has 1 aromatic heterocycles. The Bertz CT molecular complexity index is 337. The van der Waals surface area contributed by atoms with Crippen molar-refractivity contribution in [3.05, 3.63) is 17.5 Å². The summed E-state index contributed by atoms with van der Waals surface area (Å²) in [6, 6.07) is 0. The first-order valence-electron chi connectivity index (χ1n) is 3.69. The average Bonchev–Trinajstić information content (AvgIpc) is 2.16. The van der Waals surface area contributed by atoms with Crippen LogP contribution in [-0.2, 0) is 0 Å². The first-order chi connectivity index (χ1) is 6.93. The highest BCUT2D eigenvalue weighted by molar-refractivity contribution is 6.30. The first kappa shape index (κ1) is 12.0. The number of aromatic nitrogens is 2. The molecule has 0 saturated carbocycles. The van der Waals surface area contributed by atoms with E-state index in [0.29, 0.717) is 0 Å². The largest absolute Gasteiger partial charge is 0.469 e. The number of nitrogens with zero attached hydrogens (tertiary/aromatic N) is 2. The molecule has 0 bridgehead atoms. The summed E-state index contributed by atoms with van der Waals surface area (Å²) in [4.78, 5) is 6.92. The molecule has 0 spiro atoms. The highest BCUT2D eigenvalue weighted by Gasteiger charge is 2.42. The molecule has 0 saturated heterocycles. The third kappa shape index (κ3) is 3.19. The summed E-state index contributed by atoms with van der Waals surface area (Å²) in [5, 5.41) is -0.262. The summed E-state index contributed by atoms with van der Waals surface area (Å²) in [5.41, 5.74) is 0. The molecule has 1 rings (SSSR count). The third-order valence-electron chi connectivity index (χ3n) is 1.34. The van der Waals surface area contributed by atoms with Gasteiger partial charge in [0.15, 0.2) is 11.8 Å². The second-order valence-electron chi connectivity index (χ2n) is 2.50. The topological polar surface area (TPSA) is 35.0 Å². The normalized spacial score (nSPS) is 11.9. The van der Waals surface area contributed by atoms with Crippen molar-refractivity contribution in [1.29, 1.82) is 0 Å².